The first-order chi connectivity index (χ1) is 9.15. The zero-order chi connectivity index (χ0) is 13.7. The van der Waals surface area contributed by atoms with E-state index in [1.807, 2.05) is 0 Å². The van der Waals surface area contributed by atoms with E-state index in [1.54, 1.807) is 18.2 Å². The molecule has 0 heterocycles. The van der Waals surface area contributed by atoms with Gasteiger partial charge in [-0.3, -0.25) is 0 Å². The lowest BCUT2D eigenvalue weighted by Crippen LogP contribution is -2.16. The Morgan fingerprint density at radius 3 is 2.16 bits per heavy atom. The first kappa shape index (κ1) is 13.6. The van der Waals surface area contributed by atoms with Crippen LogP contribution in [-0.4, -0.2) is 6.54 Å². The highest BCUT2D eigenvalue weighted by molar-refractivity contribution is 5.18. The Bertz CT molecular complexity index is 538. The van der Waals surface area contributed by atoms with Crippen molar-refractivity contribution >= 4 is 0 Å². The summed E-state index contributed by atoms with van der Waals surface area (Å²) >= 11 is 0. The van der Waals surface area contributed by atoms with Crippen molar-refractivity contribution in [3.8, 4) is 0 Å². The minimum Gasteiger partial charge on any atom is -0.312 e. The lowest BCUT2D eigenvalue weighted by molar-refractivity contribution is 0.506. The molecule has 1 nitrogen and oxygen atoms in total. The van der Waals surface area contributed by atoms with Crippen LogP contribution in [0.1, 0.15) is 11.1 Å². The Balaban J connectivity index is 1.77. The highest BCUT2D eigenvalue weighted by Gasteiger charge is 2.02. The van der Waals surface area contributed by atoms with Gasteiger partial charge in [-0.2, -0.15) is 0 Å². The largest absolute Gasteiger partial charge is 0.312 e. The van der Waals surface area contributed by atoms with E-state index in [0.717, 1.165) is 18.1 Å². The number of benzene rings is 2. The summed E-state index contributed by atoms with van der Waals surface area (Å²) in [4.78, 5) is 0. The lowest BCUT2D eigenvalue weighted by Gasteiger charge is -2.05. The average Bonchev–Trinajstić information content (AvgIpc) is 2.41. The fourth-order valence-corrected chi connectivity index (χ4v) is 1.77. The van der Waals surface area contributed by atoms with Crippen molar-refractivity contribution in [2.24, 2.45) is 0 Å². The van der Waals surface area contributed by atoms with Crippen molar-refractivity contribution in [1.82, 2.24) is 5.32 Å². The number of nitrogens with one attached hydrogen (secondary N) is 1. The molecular formula is C15H14F3N. The fraction of sp³-hybridized carbons (Fsp3) is 0.200. The van der Waals surface area contributed by atoms with Gasteiger partial charge in [0.25, 0.3) is 0 Å². The van der Waals surface area contributed by atoms with E-state index in [1.165, 1.54) is 18.2 Å². The molecule has 0 fully saturated rings. The van der Waals surface area contributed by atoms with E-state index in [0.29, 0.717) is 18.7 Å². The van der Waals surface area contributed by atoms with Gasteiger partial charge in [0.2, 0.25) is 0 Å². The molecule has 0 spiro atoms. The second-order valence-corrected chi connectivity index (χ2v) is 4.30. The quantitative estimate of drug-likeness (QED) is 0.817. The minimum absolute atomic E-state index is 0.251. The van der Waals surface area contributed by atoms with Crippen molar-refractivity contribution in [3.63, 3.8) is 0 Å². The molecule has 0 atom stereocenters. The maximum atomic E-state index is 13.0. The van der Waals surface area contributed by atoms with E-state index < -0.39 is 11.6 Å². The molecule has 19 heavy (non-hydrogen) atoms. The van der Waals surface area contributed by atoms with Gasteiger partial charge in [0, 0.05) is 6.54 Å². The van der Waals surface area contributed by atoms with Crippen molar-refractivity contribution in [3.05, 3.63) is 71.0 Å². The first-order valence-corrected chi connectivity index (χ1v) is 6.04. The summed E-state index contributed by atoms with van der Waals surface area (Å²) in [6.45, 7) is 1.16. The van der Waals surface area contributed by atoms with Gasteiger partial charge in [-0.1, -0.05) is 18.2 Å². The number of hydrogen-bond acceptors (Lipinski definition) is 1. The van der Waals surface area contributed by atoms with Gasteiger partial charge in [-0.15, -0.1) is 0 Å². The zero-order valence-corrected chi connectivity index (χ0v) is 10.3. The van der Waals surface area contributed by atoms with Gasteiger partial charge >= 0.3 is 0 Å². The normalized spacial score (nSPS) is 10.7. The van der Waals surface area contributed by atoms with Crippen LogP contribution in [0.3, 0.4) is 0 Å². The third-order valence-electron chi connectivity index (χ3n) is 2.82. The summed E-state index contributed by atoms with van der Waals surface area (Å²) in [5.74, 6) is -1.92. The summed E-state index contributed by atoms with van der Waals surface area (Å²) < 4.78 is 38.4. The van der Waals surface area contributed by atoms with Crippen molar-refractivity contribution in [2.75, 3.05) is 6.54 Å². The second kappa shape index (κ2) is 6.38. The molecule has 0 aromatic heterocycles. The van der Waals surface area contributed by atoms with Crippen LogP contribution in [0.5, 0.6) is 0 Å². The third kappa shape index (κ3) is 4.10. The van der Waals surface area contributed by atoms with Gasteiger partial charge in [0.15, 0.2) is 11.6 Å². The average molecular weight is 265 g/mol. The third-order valence-corrected chi connectivity index (χ3v) is 2.82. The molecule has 0 unspecified atom stereocenters. The van der Waals surface area contributed by atoms with E-state index in [2.05, 4.69) is 5.32 Å². The summed E-state index contributed by atoms with van der Waals surface area (Å²) in [7, 11) is 0. The molecule has 0 saturated heterocycles. The maximum Gasteiger partial charge on any atom is 0.159 e. The molecule has 0 amide bonds. The monoisotopic (exact) mass is 265 g/mol. The molecule has 1 N–H and O–H groups in total. The first-order valence-electron chi connectivity index (χ1n) is 6.04. The van der Waals surface area contributed by atoms with Crippen LogP contribution in [-0.2, 0) is 13.0 Å². The summed E-state index contributed by atoms with van der Waals surface area (Å²) in [5, 5.41) is 3.13. The zero-order valence-electron chi connectivity index (χ0n) is 10.3. The Hall–Kier alpha value is -1.81. The van der Waals surface area contributed by atoms with Crippen LogP contribution in [0.15, 0.2) is 42.5 Å². The van der Waals surface area contributed by atoms with Crippen LogP contribution < -0.4 is 5.32 Å². The topological polar surface area (TPSA) is 12.0 Å². The molecule has 2 aromatic carbocycles. The van der Waals surface area contributed by atoms with Crippen molar-refractivity contribution in [2.45, 2.75) is 13.0 Å². The maximum absolute atomic E-state index is 13.0. The van der Waals surface area contributed by atoms with E-state index in [4.69, 9.17) is 0 Å². The van der Waals surface area contributed by atoms with Crippen LogP contribution in [0.2, 0.25) is 0 Å². The van der Waals surface area contributed by atoms with Crippen LogP contribution in [0.4, 0.5) is 13.2 Å². The predicted octanol–water partition coefficient (Wildman–Crippen LogP) is 3.44. The second-order valence-electron chi connectivity index (χ2n) is 4.30. The summed E-state index contributed by atoms with van der Waals surface area (Å²) in [5.41, 5.74) is 1.72. The molecule has 0 bridgehead atoms. The van der Waals surface area contributed by atoms with Gasteiger partial charge < -0.3 is 5.32 Å². The molecule has 100 valence electrons. The highest BCUT2D eigenvalue weighted by Crippen LogP contribution is 2.08. The lowest BCUT2D eigenvalue weighted by atomic mass is 10.1. The number of halogens is 3. The van der Waals surface area contributed by atoms with E-state index in [-0.39, 0.29) is 5.82 Å². The van der Waals surface area contributed by atoms with Crippen LogP contribution >= 0.6 is 0 Å². The molecular weight excluding hydrogens is 251 g/mol. The summed E-state index contributed by atoms with van der Waals surface area (Å²) in [6.07, 6.45) is 0.754. The molecule has 0 aliphatic rings. The van der Waals surface area contributed by atoms with Gasteiger partial charge in [-0.25, -0.2) is 13.2 Å². The Labute approximate surface area is 110 Å². The Morgan fingerprint density at radius 1 is 0.789 bits per heavy atom. The molecule has 0 saturated carbocycles. The SMILES string of the molecule is Fc1ccc(CCNCc2ccc(F)c(F)c2)cc1. The minimum atomic E-state index is -0.838. The van der Waals surface area contributed by atoms with Gasteiger partial charge in [-0.05, 0) is 48.4 Å². The van der Waals surface area contributed by atoms with Gasteiger partial charge in [0.05, 0.1) is 0 Å². The molecule has 0 aliphatic heterocycles. The van der Waals surface area contributed by atoms with Crippen LogP contribution in [0.25, 0.3) is 0 Å². The highest BCUT2D eigenvalue weighted by atomic mass is 19.2. The number of rotatable bonds is 5. The molecule has 4 heteroatoms. The van der Waals surface area contributed by atoms with Crippen molar-refractivity contribution < 1.29 is 13.2 Å². The molecule has 2 aromatic rings. The van der Waals surface area contributed by atoms with Gasteiger partial charge in [0.1, 0.15) is 5.82 Å². The Morgan fingerprint density at radius 2 is 1.47 bits per heavy atom. The molecule has 2 rings (SSSR count). The van der Waals surface area contributed by atoms with E-state index >= 15 is 0 Å². The number of hydrogen-bond donors (Lipinski definition) is 1. The summed E-state index contributed by atoms with van der Waals surface area (Å²) in [6, 6.07) is 10.1. The van der Waals surface area contributed by atoms with Crippen LogP contribution in [0, 0.1) is 17.5 Å². The fourth-order valence-electron chi connectivity index (χ4n) is 1.77. The Kier molecular flexibility index (Phi) is 4.58. The van der Waals surface area contributed by atoms with E-state index in [9.17, 15) is 13.2 Å². The molecule has 0 aliphatic carbocycles. The molecule has 0 radical (unpaired) electrons. The smallest absolute Gasteiger partial charge is 0.159 e. The van der Waals surface area contributed by atoms with Crippen molar-refractivity contribution in [1.29, 1.82) is 0 Å². The standard InChI is InChI=1S/C15H14F3N/c16-13-4-1-11(2-5-13)7-8-19-10-12-3-6-14(17)15(18)9-12/h1-6,9,19H,7-8,10H2. The predicted molar refractivity (Wildman–Crippen MR) is 68.2 cm³/mol.